The Hall–Kier alpha value is -1.54. The molecule has 2 aromatic carbocycles. The number of ether oxygens (including phenoxy) is 1. The zero-order valence-electron chi connectivity index (χ0n) is 13.0. The van der Waals surface area contributed by atoms with Crippen LogP contribution in [0.3, 0.4) is 0 Å². The zero-order chi connectivity index (χ0) is 14.8. The first-order valence-electron chi connectivity index (χ1n) is 8.09. The summed E-state index contributed by atoms with van der Waals surface area (Å²) in [6, 6.07) is 12.7. The molecule has 0 amide bonds. The van der Waals surface area contributed by atoms with Gasteiger partial charge in [-0.05, 0) is 43.9 Å². The van der Waals surface area contributed by atoms with Crippen molar-refractivity contribution < 1.29 is 4.74 Å². The lowest BCUT2D eigenvalue weighted by Crippen LogP contribution is -2.24. The van der Waals surface area contributed by atoms with Crippen LogP contribution in [-0.4, -0.2) is 6.10 Å². The number of hydrogen-bond donors (Lipinski definition) is 1. The minimum absolute atomic E-state index is 0.00730. The lowest BCUT2D eigenvalue weighted by Gasteiger charge is -2.29. The molecule has 2 heteroatoms. The summed E-state index contributed by atoms with van der Waals surface area (Å²) in [6.45, 7) is 4.36. The van der Waals surface area contributed by atoms with E-state index in [1.807, 2.05) is 6.92 Å². The molecule has 0 spiro atoms. The summed E-state index contributed by atoms with van der Waals surface area (Å²) in [5.74, 6) is 1.84. The average Bonchev–Trinajstić information content (AvgIpc) is 2.49. The summed E-state index contributed by atoms with van der Waals surface area (Å²) in [5, 5.41) is 2.41. The van der Waals surface area contributed by atoms with Crippen LogP contribution in [0.5, 0.6) is 5.75 Å². The Morgan fingerprint density at radius 2 is 1.76 bits per heavy atom. The third-order valence-electron chi connectivity index (χ3n) is 4.65. The predicted octanol–water partition coefficient (Wildman–Crippen LogP) is 4.82. The number of rotatable bonds is 3. The first-order valence-corrected chi connectivity index (χ1v) is 8.09. The molecule has 0 radical (unpaired) electrons. The van der Waals surface area contributed by atoms with Crippen molar-refractivity contribution in [2.24, 2.45) is 11.7 Å². The second-order valence-electron chi connectivity index (χ2n) is 6.49. The van der Waals surface area contributed by atoms with Crippen molar-refractivity contribution >= 4 is 10.8 Å². The number of hydrogen-bond acceptors (Lipinski definition) is 2. The Bertz CT molecular complexity index is 612. The first kappa shape index (κ1) is 14.4. The molecule has 0 aliphatic heterocycles. The first-order chi connectivity index (χ1) is 10.1. The molecule has 2 N–H and O–H groups in total. The topological polar surface area (TPSA) is 35.2 Å². The Morgan fingerprint density at radius 1 is 1.05 bits per heavy atom. The van der Waals surface area contributed by atoms with Crippen LogP contribution in [-0.2, 0) is 0 Å². The van der Waals surface area contributed by atoms with Crippen molar-refractivity contribution in [2.45, 2.75) is 51.7 Å². The highest BCUT2D eigenvalue weighted by atomic mass is 16.5. The Labute approximate surface area is 127 Å². The van der Waals surface area contributed by atoms with E-state index >= 15 is 0 Å². The van der Waals surface area contributed by atoms with E-state index in [0.717, 1.165) is 30.1 Å². The van der Waals surface area contributed by atoms with Crippen LogP contribution in [0.4, 0.5) is 0 Å². The van der Waals surface area contributed by atoms with Crippen molar-refractivity contribution in [3.8, 4) is 5.75 Å². The molecule has 1 fully saturated rings. The number of nitrogens with two attached hydrogens (primary N) is 1. The van der Waals surface area contributed by atoms with Crippen LogP contribution in [0.1, 0.15) is 51.1 Å². The molecule has 1 aliphatic rings. The highest BCUT2D eigenvalue weighted by Gasteiger charge is 2.22. The van der Waals surface area contributed by atoms with Crippen LogP contribution in [0.15, 0.2) is 36.4 Å². The summed E-state index contributed by atoms with van der Waals surface area (Å²) in [7, 11) is 0. The highest BCUT2D eigenvalue weighted by Crippen LogP contribution is 2.36. The fourth-order valence-electron chi connectivity index (χ4n) is 3.26. The van der Waals surface area contributed by atoms with Crippen LogP contribution in [0.2, 0.25) is 0 Å². The van der Waals surface area contributed by atoms with Gasteiger partial charge in [0.25, 0.3) is 0 Å². The summed E-state index contributed by atoms with van der Waals surface area (Å²) in [5.41, 5.74) is 7.27. The number of fused-ring (bicyclic) bond motifs is 1. The van der Waals surface area contributed by atoms with Gasteiger partial charge < -0.3 is 10.5 Å². The van der Waals surface area contributed by atoms with Crippen molar-refractivity contribution in [2.75, 3.05) is 0 Å². The molecule has 3 rings (SSSR count). The fraction of sp³-hybridized carbons (Fsp3) is 0.474. The fourth-order valence-corrected chi connectivity index (χ4v) is 3.26. The standard InChI is InChI=1S/C19H25NO/c1-13-7-10-16(11-8-13)21-19-17(14(2)20)12-9-15-5-3-4-6-18(15)19/h3-6,9,12-14,16H,7-8,10-11,20H2,1-2H3/t13?,14-,16?/m0/s1. The van der Waals surface area contributed by atoms with E-state index in [2.05, 4.69) is 43.3 Å². The quantitative estimate of drug-likeness (QED) is 0.876. The highest BCUT2D eigenvalue weighted by molar-refractivity contribution is 5.89. The summed E-state index contributed by atoms with van der Waals surface area (Å²) in [6.07, 6.45) is 5.18. The van der Waals surface area contributed by atoms with Crippen molar-refractivity contribution in [3.05, 3.63) is 42.0 Å². The molecule has 0 bridgehead atoms. The maximum atomic E-state index is 6.43. The Morgan fingerprint density at radius 3 is 2.48 bits per heavy atom. The molecule has 1 atom stereocenters. The van der Waals surface area contributed by atoms with Gasteiger partial charge in [0.1, 0.15) is 5.75 Å². The third-order valence-corrected chi connectivity index (χ3v) is 4.65. The molecule has 0 aromatic heterocycles. The van der Waals surface area contributed by atoms with Crippen molar-refractivity contribution in [1.82, 2.24) is 0 Å². The number of benzene rings is 2. The molecule has 1 aliphatic carbocycles. The molecule has 2 nitrogen and oxygen atoms in total. The molecule has 21 heavy (non-hydrogen) atoms. The van der Waals surface area contributed by atoms with E-state index in [-0.39, 0.29) is 6.04 Å². The van der Waals surface area contributed by atoms with Gasteiger partial charge in [-0.1, -0.05) is 43.3 Å². The largest absolute Gasteiger partial charge is 0.489 e. The van der Waals surface area contributed by atoms with Crippen LogP contribution < -0.4 is 10.5 Å². The van der Waals surface area contributed by atoms with Gasteiger partial charge in [0, 0.05) is 17.0 Å². The van der Waals surface area contributed by atoms with Crippen LogP contribution in [0, 0.1) is 5.92 Å². The van der Waals surface area contributed by atoms with E-state index in [9.17, 15) is 0 Å². The van der Waals surface area contributed by atoms with Gasteiger partial charge >= 0.3 is 0 Å². The SMILES string of the molecule is CC1CCC(Oc2c([C@H](C)N)ccc3ccccc23)CC1. The molecule has 0 heterocycles. The van der Waals surface area contributed by atoms with Crippen LogP contribution in [0.25, 0.3) is 10.8 Å². The molecule has 2 aromatic rings. The van der Waals surface area contributed by atoms with Gasteiger partial charge in [-0.25, -0.2) is 0 Å². The van der Waals surface area contributed by atoms with Gasteiger partial charge in [0.05, 0.1) is 6.10 Å². The van der Waals surface area contributed by atoms with Gasteiger partial charge in [0.2, 0.25) is 0 Å². The molecule has 0 unspecified atom stereocenters. The van der Waals surface area contributed by atoms with Gasteiger partial charge in [0.15, 0.2) is 0 Å². The summed E-state index contributed by atoms with van der Waals surface area (Å²) in [4.78, 5) is 0. The van der Waals surface area contributed by atoms with Crippen molar-refractivity contribution in [1.29, 1.82) is 0 Å². The summed E-state index contributed by atoms with van der Waals surface area (Å²) >= 11 is 0. The zero-order valence-corrected chi connectivity index (χ0v) is 13.0. The van der Waals surface area contributed by atoms with Crippen molar-refractivity contribution in [3.63, 3.8) is 0 Å². The summed E-state index contributed by atoms with van der Waals surface area (Å²) < 4.78 is 6.43. The van der Waals surface area contributed by atoms with E-state index in [4.69, 9.17) is 10.5 Å². The molecule has 1 saturated carbocycles. The monoisotopic (exact) mass is 283 g/mol. The van der Waals surface area contributed by atoms with Gasteiger partial charge in [-0.15, -0.1) is 0 Å². The average molecular weight is 283 g/mol. The molecular formula is C19H25NO. The Kier molecular flexibility index (Phi) is 4.16. The molecular weight excluding hydrogens is 258 g/mol. The maximum Gasteiger partial charge on any atom is 0.132 e. The third kappa shape index (κ3) is 3.06. The molecule has 0 saturated heterocycles. The predicted molar refractivity (Wildman–Crippen MR) is 88.6 cm³/mol. The smallest absolute Gasteiger partial charge is 0.132 e. The minimum Gasteiger partial charge on any atom is -0.489 e. The normalized spacial score (nSPS) is 24.0. The molecule has 112 valence electrons. The van der Waals surface area contributed by atoms with E-state index in [0.29, 0.717) is 6.10 Å². The second-order valence-corrected chi connectivity index (χ2v) is 6.49. The maximum absolute atomic E-state index is 6.43. The van der Waals surface area contributed by atoms with E-state index < -0.39 is 0 Å². The van der Waals surface area contributed by atoms with E-state index in [1.54, 1.807) is 0 Å². The second kappa shape index (κ2) is 6.07. The van der Waals surface area contributed by atoms with E-state index in [1.165, 1.54) is 23.6 Å². The Balaban J connectivity index is 1.96. The van der Waals surface area contributed by atoms with Crippen LogP contribution >= 0.6 is 0 Å². The van der Waals surface area contributed by atoms with Gasteiger partial charge in [-0.2, -0.15) is 0 Å². The lowest BCUT2D eigenvalue weighted by molar-refractivity contribution is 0.136. The lowest BCUT2D eigenvalue weighted by atomic mass is 9.89. The minimum atomic E-state index is -0.00730. The van der Waals surface area contributed by atoms with Gasteiger partial charge in [-0.3, -0.25) is 0 Å².